The monoisotopic (exact) mass is 500 g/mol. The molecule has 184 valence electrons. The van der Waals surface area contributed by atoms with E-state index in [0.29, 0.717) is 17.9 Å². The van der Waals surface area contributed by atoms with Gasteiger partial charge < -0.3 is 10.1 Å². The maximum absolute atomic E-state index is 13.9. The van der Waals surface area contributed by atoms with E-state index in [2.05, 4.69) is 12.2 Å². The third-order valence-electron chi connectivity index (χ3n) is 6.63. The van der Waals surface area contributed by atoms with E-state index in [4.69, 9.17) is 9.84 Å². The molecule has 1 aliphatic rings. The molecule has 2 aromatic carbocycles. The Hall–Kier alpha value is -3.91. The molecule has 0 bridgehead atoms. The Bertz CT molecular complexity index is 1380. The first-order valence-corrected chi connectivity index (χ1v) is 12.8. The minimum Gasteiger partial charge on any atom is -0.497 e. The Kier molecular flexibility index (Phi) is 6.36. The number of aryl methyl sites for hydroxylation is 1. The summed E-state index contributed by atoms with van der Waals surface area (Å²) in [6, 6.07) is 21.1. The van der Waals surface area contributed by atoms with Crippen LogP contribution in [-0.4, -0.2) is 34.2 Å². The molecule has 0 aliphatic carbocycles. The van der Waals surface area contributed by atoms with Gasteiger partial charge in [0.05, 0.1) is 18.5 Å². The van der Waals surface area contributed by atoms with Gasteiger partial charge in [0.15, 0.2) is 0 Å². The first kappa shape index (κ1) is 23.8. The predicted molar refractivity (Wildman–Crippen MR) is 141 cm³/mol. The molecule has 0 saturated heterocycles. The number of carbonyl (C=O) groups excluding carboxylic acids is 2. The fourth-order valence-corrected chi connectivity index (χ4v) is 5.21. The molecular weight excluding hydrogens is 472 g/mol. The number of nitrogens with zero attached hydrogens (tertiary/aromatic N) is 3. The highest BCUT2D eigenvalue weighted by molar-refractivity contribution is 7.13. The van der Waals surface area contributed by atoms with E-state index in [1.165, 1.54) is 5.56 Å². The third kappa shape index (κ3) is 4.28. The Morgan fingerprint density at radius 1 is 1.11 bits per heavy atom. The van der Waals surface area contributed by atoms with Gasteiger partial charge in [0.1, 0.15) is 22.7 Å². The molecule has 7 nitrogen and oxygen atoms in total. The van der Waals surface area contributed by atoms with Crippen LogP contribution >= 0.6 is 11.3 Å². The van der Waals surface area contributed by atoms with Crippen molar-refractivity contribution in [1.82, 2.24) is 15.1 Å². The minimum absolute atomic E-state index is 0.240. The normalized spacial score (nSPS) is 17.1. The number of rotatable bonds is 7. The van der Waals surface area contributed by atoms with Gasteiger partial charge in [-0.15, -0.1) is 11.3 Å². The van der Waals surface area contributed by atoms with Crippen molar-refractivity contribution < 1.29 is 14.3 Å². The van der Waals surface area contributed by atoms with E-state index in [-0.39, 0.29) is 18.4 Å². The zero-order valence-corrected chi connectivity index (χ0v) is 21.3. The SMILES string of the molecule is CCc1ccc(N2C(=O)c3cc(-c4cccs4)nn3C[C@@]2(C)C(=O)NCc2ccc(OC)cc2)cc1. The second-order valence-electron chi connectivity index (χ2n) is 9.01. The number of benzene rings is 2. The lowest BCUT2D eigenvalue weighted by Crippen LogP contribution is -2.64. The summed E-state index contributed by atoms with van der Waals surface area (Å²) < 4.78 is 6.89. The van der Waals surface area contributed by atoms with Gasteiger partial charge >= 0.3 is 0 Å². The molecule has 0 fully saturated rings. The summed E-state index contributed by atoms with van der Waals surface area (Å²) in [6.07, 6.45) is 0.894. The molecule has 2 amide bonds. The minimum atomic E-state index is -1.18. The summed E-state index contributed by atoms with van der Waals surface area (Å²) in [5.74, 6) is 0.261. The van der Waals surface area contributed by atoms with Gasteiger partial charge in [-0.25, -0.2) is 0 Å². The lowest BCUT2D eigenvalue weighted by atomic mass is 9.93. The molecule has 4 aromatic rings. The molecule has 5 rings (SSSR count). The van der Waals surface area contributed by atoms with Gasteiger partial charge in [-0.3, -0.25) is 19.2 Å². The summed E-state index contributed by atoms with van der Waals surface area (Å²) in [4.78, 5) is 30.2. The van der Waals surface area contributed by atoms with Crippen LogP contribution in [0.2, 0.25) is 0 Å². The molecular formula is C28H28N4O3S. The van der Waals surface area contributed by atoms with Gasteiger partial charge in [0, 0.05) is 12.2 Å². The quantitative estimate of drug-likeness (QED) is 0.391. The Morgan fingerprint density at radius 2 is 1.83 bits per heavy atom. The summed E-state index contributed by atoms with van der Waals surface area (Å²) >= 11 is 1.57. The summed E-state index contributed by atoms with van der Waals surface area (Å²) in [5, 5.41) is 9.72. The molecule has 0 radical (unpaired) electrons. The van der Waals surface area contributed by atoms with Crippen molar-refractivity contribution in [2.24, 2.45) is 0 Å². The molecule has 36 heavy (non-hydrogen) atoms. The summed E-state index contributed by atoms with van der Waals surface area (Å²) in [5.41, 5.74) is 2.82. The van der Waals surface area contributed by atoms with E-state index >= 15 is 0 Å². The van der Waals surface area contributed by atoms with Crippen LogP contribution in [0.5, 0.6) is 5.75 Å². The second kappa shape index (κ2) is 9.62. The van der Waals surface area contributed by atoms with Gasteiger partial charge in [0.2, 0.25) is 5.91 Å². The van der Waals surface area contributed by atoms with E-state index in [1.54, 1.807) is 35.0 Å². The number of thiophene rings is 1. The van der Waals surface area contributed by atoms with E-state index in [1.807, 2.05) is 72.1 Å². The standard InChI is InChI=1S/C28H28N4O3S/c1-4-19-7-11-21(12-8-19)32-26(33)24-16-23(25-6-5-15-36-25)30-31(24)18-28(32,2)27(34)29-17-20-9-13-22(35-3)14-10-20/h5-16H,4,17-18H2,1-3H3,(H,29,34)/t28-/m0/s1. The van der Waals surface area contributed by atoms with Gasteiger partial charge in [0.25, 0.3) is 5.91 Å². The zero-order valence-electron chi connectivity index (χ0n) is 20.5. The Labute approximate surface area is 214 Å². The van der Waals surface area contributed by atoms with Crippen molar-refractivity contribution in [3.63, 3.8) is 0 Å². The maximum atomic E-state index is 13.9. The number of hydrogen-bond acceptors (Lipinski definition) is 5. The number of aromatic nitrogens is 2. The van der Waals surface area contributed by atoms with Crippen LogP contribution in [0, 0.1) is 0 Å². The van der Waals surface area contributed by atoms with Crippen LogP contribution in [0.4, 0.5) is 5.69 Å². The number of anilines is 1. The smallest absolute Gasteiger partial charge is 0.277 e. The highest BCUT2D eigenvalue weighted by Gasteiger charge is 2.48. The van der Waals surface area contributed by atoms with Crippen molar-refractivity contribution >= 4 is 28.8 Å². The highest BCUT2D eigenvalue weighted by Crippen LogP contribution is 2.35. The fraction of sp³-hybridized carbons (Fsp3) is 0.250. The molecule has 8 heteroatoms. The molecule has 1 N–H and O–H groups in total. The molecule has 2 aromatic heterocycles. The van der Waals surface area contributed by atoms with Crippen LogP contribution < -0.4 is 15.0 Å². The van der Waals surface area contributed by atoms with Crippen LogP contribution in [0.1, 0.15) is 35.5 Å². The van der Waals surface area contributed by atoms with Gasteiger partial charge in [-0.2, -0.15) is 5.10 Å². The number of amides is 2. The van der Waals surface area contributed by atoms with Crippen LogP contribution in [0.3, 0.4) is 0 Å². The molecule has 0 unspecified atom stereocenters. The largest absolute Gasteiger partial charge is 0.497 e. The van der Waals surface area contributed by atoms with Crippen molar-refractivity contribution in [3.05, 3.63) is 88.9 Å². The second-order valence-corrected chi connectivity index (χ2v) is 9.96. The third-order valence-corrected chi connectivity index (χ3v) is 7.52. The fourth-order valence-electron chi connectivity index (χ4n) is 4.53. The predicted octanol–water partition coefficient (Wildman–Crippen LogP) is 4.92. The van der Waals surface area contributed by atoms with Gasteiger partial charge in [-0.1, -0.05) is 37.3 Å². The number of ether oxygens (including phenoxy) is 1. The van der Waals surface area contributed by atoms with E-state index in [0.717, 1.165) is 28.3 Å². The van der Waals surface area contributed by atoms with Crippen molar-refractivity contribution in [2.45, 2.75) is 38.9 Å². The first-order chi connectivity index (χ1) is 17.4. The van der Waals surface area contributed by atoms with Crippen LogP contribution in [-0.2, 0) is 24.3 Å². The zero-order chi connectivity index (χ0) is 25.3. The average Bonchev–Trinajstić information content (AvgIpc) is 3.58. The van der Waals surface area contributed by atoms with Crippen LogP contribution in [0.25, 0.3) is 10.6 Å². The molecule has 3 heterocycles. The van der Waals surface area contributed by atoms with E-state index in [9.17, 15) is 9.59 Å². The lowest BCUT2D eigenvalue weighted by molar-refractivity contribution is -0.126. The number of methoxy groups -OCH3 is 1. The first-order valence-electron chi connectivity index (χ1n) is 11.9. The van der Waals surface area contributed by atoms with Crippen molar-refractivity contribution in [3.8, 4) is 16.3 Å². The van der Waals surface area contributed by atoms with E-state index < -0.39 is 5.54 Å². The molecule has 0 spiro atoms. The average molecular weight is 501 g/mol. The van der Waals surface area contributed by atoms with Crippen molar-refractivity contribution in [1.29, 1.82) is 0 Å². The Morgan fingerprint density at radius 3 is 2.47 bits per heavy atom. The highest BCUT2D eigenvalue weighted by atomic mass is 32.1. The van der Waals surface area contributed by atoms with Gasteiger partial charge in [-0.05, 0) is 66.2 Å². The summed E-state index contributed by atoms with van der Waals surface area (Å²) in [6.45, 7) is 4.46. The number of carbonyl (C=O) groups is 2. The number of hydrogen-bond donors (Lipinski definition) is 1. The molecule has 1 atom stereocenters. The van der Waals surface area contributed by atoms with Crippen molar-refractivity contribution in [2.75, 3.05) is 12.0 Å². The molecule has 1 aliphatic heterocycles. The number of nitrogens with one attached hydrogen (secondary N) is 1. The lowest BCUT2D eigenvalue weighted by Gasteiger charge is -2.43. The topological polar surface area (TPSA) is 76.5 Å². The molecule has 0 saturated carbocycles. The summed E-state index contributed by atoms with van der Waals surface area (Å²) in [7, 11) is 1.62. The Balaban J connectivity index is 1.50. The number of fused-ring (bicyclic) bond motifs is 1. The maximum Gasteiger partial charge on any atom is 0.277 e. The van der Waals surface area contributed by atoms with Crippen LogP contribution in [0.15, 0.2) is 72.1 Å².